The third kappa shape index (κ3) is 1.13. The number of likely N-dealkylation sites (tertiary alicyclic amines) is 1. The third-order valence-corrected chi connectivity index (χ3v) is 4.55. The monoisotopic (exact) mass is 201 g/mol. The van der Waals surface area contributed by atoms with Gasteiger partial charge >= 0.3 is 0 Å². The quantitative estimate of drug-likeness (QED) is 0.675. The molecule has 0 saturated carbocycles. The van der Waals surface area contributed by atoms with Crippen LogP contribution in [0.25, 0.3) is 0 Å². The molecule has 0 radical (unpaired) electrons. The van der Waals surface area contributed by atoms with Crippen LogP contribution >= 0.6 is 0 Å². The van der Waals surface area contributed by atoms with E-state index in [1.165, 1.54) is 25.9 Å². The normalized spacial score (nSPS) is 34.1. The first-order valence-electron chi connectivity index (χ1n) is 6.08. The van der Waals surface area contributed by atoms with E-state index in [2.05, 4.69) is 43.0 Å². The lowest BCUT2D eigenvalue weighted by molar-refractivity contribution is 0.236. The first kappa shape index (κ1) is 9.41. The Morgan fingerprint density at radius 2 is 2.20 bits per heavy atom. The highest BCUT2D eigenvalue weighted by molar-refractivity contribution is 5.43. The summed E-state index contributed by atoms with van der Waals surface area (Å²) in [6, 6.07) is 9.79. The standard InChI is InChI=1S/C14H19N/c1-3-15-9-8-14(2)12-7-5-4-6-11(12)10-13(14)15/h4-7,13H,3,8-10H2,1-2H3. The van der Waals surface area contributed by atoms with Crippen LogP contribution in [0.2, 0.25) is 0 Å². The molecule has 1 fully saturated rings. The van der Waals surface area contributed by atoms with Gasteiger partial charge in [0.15, 0.2) is 0 Å². The smallest absolute Gasteiger partial charge is 0.0230 e. The van der Waals surface area contributed by atoms with Crippen molar-refractivity contribution in [2.24, 2.45) is 0 Å². The molecule has 1 saturated heterocycles. The first-order chi connectivity index (χ1) is 7.25. The molecule has 2 aliphatic rings. The third-order valence-electron chi connectivity index (χ3n) is 4.55. The fraction of sp³-hybridized carbons (Fsp3) is 0.571. The Morgan fingerprint density at radius 1 is 1.40 bits per heavy atom. The largest absolute Gasteiger partial charge is 0.299 e. The van der Waals surface area contributed by atoms with Gasteiger partial charge in [0.05, 0.1) is 0 Å². The van der Waals surface area contributed by atoms with Gasteiger partial charge < -0.3 is 0 Å². The SMILES string of the molecule is CCN1CCC2(C)c3ccccc3CC12. The van der Waals surface area contributed by atoms with E-state index >= 15 is 0 Å². The molecule has 0 spiro atoms. The Bertz CT molecular complexity index is 385. The maximum Gasteiger partial charge on any atom is 0.0230 e. The lowest BCUT2D eigenvalue weighted by atomic mass is 9.81. The Hall–Kier alpha value is -0.820. The zero-order chi connectivity index (χ0) is 10.5. The lowest BCUT2D eigenvalue weighted by Gasteiger charge is -2.29. The van der Waals surface area contributed by atoms with Crippen LogP contribution in [0.3, 0.4) is 0 Å². The summed E-state index contributed by atoms with van der Waals surface area (Å²) in [7, 11) is 0. The van der Waals surface area contributed by atoms with Gasteiger partial charge in [-0.2, -0.15) is 0 Å². The van der Waals surface area contributed by atoms with Crippen LogP contribution in [-0.2, 0) is 11.8 Å². The van der Waals surface area contributed by atoms with Crippen molar-refractivity contribution >= 4 is 0 Å². The molecule has 1 aliphatic carbocycles. The van der Waals surface area contributed by atoms with Crippen LogP contribution in [0.1, 0.15) is 31.4 Å². The summed E-state index contributed by atoms with van der Waals surface area (Å²) in [4.78, 5) is 2.65. The molecule has 3 rings (SSSR count). The minimum Gasteiger partial charge on any atom is -0.299 e. The van der Waals surface area contributed by atoms with Gasteiger partial charge in [-0.3, -0.25) is 4.90 Å². The summed E-state index contributed by atoms with van der Waals surface area (Å²) in [5.41, 5.74) is 3.64. The van der Waals surface area contributed by atoms with Crippen molar-refractivity contribution < 1.29 is 0 Å². The van der Waals surface area contributed by atoms with Crippen LogP contribution in [0.4, 0.5) is 0 Å². The molecule has 2 atom stereocenters. The average Bonchev–Trinajstić information content (AvgIpc) is 2.71. The van der Waals surface area contributed by atoms with Crippen molar-refractivity contribution in [2.75, 3.05) is 13.1 Å². The molecule has 80 valence electrons. The van der Waals surface area contributed by atoms with E-state index in [0.717, 1.165) is 6.04 Å². The highest BCUT2D eigenvalue weighted by atomic mass is 15.2. The van der Waals surface area contributed by atoms with Gasteiger partial charge in [0, 0.05) is 11.5 Å². The Balaban J connectivity index is 2.06. The highest BCUT2D eigenvalue weighted by Crippen LogP contribution is 2.47. The van der Waals surface area contributed by atoms with Crippen molar-refractivity contribution in [1.29, 1.82) is 0 Å². The van der Waals surface area contributed by atoms with Crippen LogP contribution in [0.15, 0.2) is 24.3 Å². The molecule has 15 heavy (non-hydrogen) atoms. The summed E-state index contributed by atoms with van der Waals surface area (Å²) in [6.45, 7) is 7.23. The van der Waals surface area contributed by atoms with E-state index in [-0.39, 0.29) is 0 Å². The first-order valence-corrected chi connectivity index (χ1v) is 6.08. The molecule has 2 unspecified atom stereocenters. The Kier molecular flexibility index (Phi) is 1.93. The molecular formula is C14H19N. The summed E-state index contributed by atoms with van der Waals surface area (Å²) in [6.07, 6.45) is 2.60. The summed E-state index contributed by atoms with van der Waals surface area (Å²) >= 11 is 0. The van der Waals surface area contributed by atoms with Crippen molar-refractivity contribution in [3.8, 4) is 0 Å². The number of hydrogen-bond acceptors (Lipinski definition) is 1. The van der Waals surface area contributed by atoms with Gasteiger partial charge in [0.1, 0.15) is 0 Å². The molecule has 1 aromatic carbocycles. The second kappa shape index (κ2) is 3.08. The molecule has 0 N–H and O–H groups in total. The van der Waals surface area contributed by atoms with Gasteiger partial charge in [0.2, 0.25) is 0 Å². The zero-order valence-electron chi connectivity index (χ0n) is 9.66. The number of fused-ring (bicyclic) bond motifs is 3. The number of benzene rings is 1. The lowest BCUT2D eigenvalue weighted by Crippen LogP contribution is -2.37. The second-order valence-electron chi connectivity index (χ2n) is 5.17. The average molecular weight is 201 g/mol. The van der Waals surface area contributed by atoms with Gasteiger partial charge in [0.25, 0.3) is 0 Å². The molecule has 1 heterocycles. The number of rotatable bonds is 1. The van der Waals surface area contributed by atoms with E-state index in [4.69, 9.17) is 0 Å². The van der Waals surface area contributed by atoms with Gasteiger partial charge in [-0.25, -0.2) is 0 Å². The zero-order valence-corrected chi connectivity index (χ0v) is 9.66. The van der Waals surface area contributed by atoms with Crippen LogP contribution in [0, 0.1) is 0 Å². The van der Waals surface area contributed by atoms with Crippen LogP contribution in [-0.4, -0.2) is 24.0 Å². The van der Waals surface area contributed by atoms with Crippen molar-refractivity contribution in [2.45, 2.75) is 38.1 Å². The van der Waals surface area contributed by atoms with Gasteiger partial charge in [-0.15, -0.1) is 0 Å². The maximum absolute atomic E-state index is 2.65. The van der Waals surface area contributed by atoms with E-state index in [9.17, 15) is 0 Å². The number of nitrogens with zero attached hydrogens (tertiary/aromatic N) is 1. The fourth-order valence-corrected chi connectivity index (χ4v) is 3.61. The summed E-state index contributed by atoms with van der Waals surface area (Å²) in [5, 5.41) is 0. The molecular weight excluding hydrogens is 182 g/mol. The van der Waals surface area contributed by atoms with Crippen molar-refractivity contribution in [1.82, 2.24) is 4.90 Å². The number of likely N-dealkylation sites (N-methyl/N-ethyl adjacent to an activating group) is 1. The molecule has 0 bridgehead atoms. The summed E-state index contributed by atoms with van der Waals surface area (Å²) in [5.74, 6) is 0. The van der Waals surface area contributed by atoms with Gasteiger partial charge in [-0.1, -0.05) is 38.1 Å². The number of hydrogen-bond donors (Lipinski definition) is 0. The maximum atomic E-state index is 2.65. The predicted molar refractivity (Wildman–Crippen MR) is 63.2 cm³/mol. The molecule has 1 heteroatoms. The molecule has 0 aromatic heterocycles. The molecule has 1 aliphatic heterocycles. The minimum absolute atomic E-state index is 0.437. The van der Waals surface area contributed by atoms with E-state index < -0.39 is 0 Å². The van der Waals surface area contributed by atoms with Crippen LogP contribution in [0.5, 0.6) is 0 Å². The highest BCUT2D eigenvalue weighted by Gasteiger charge is 2.49. The summed E-state index contributed by atoms with van der Waals surface area (Å²) < 4.78 is 0. The van der Waals surface area contributed by atoms with E-state index in [1.54, 1.807) is 11.1 Å². The van der Waals surface area contributed by atoms with Crippen molar-refractivity contribution in [3.63, 3.8) is 0 Å². The van der Waals surface area contributed by atoms with E-state index in [1.807, 2.05) is 0 Å². The second-order valence-corrected chi connectivity index (χ2v) is 5.17. The Labute approximate surface area is 92.1 Å². The van der Waals surface area contributed by atoms with Crippen LogP contribution < -0.4 is 0 Å². The topological polar surface area (TPSA) is 3.24 Å². The van der Waals surface area contributed by atoms with Crippen molar-refractivity contribution in [3.05, 3.63) is 35.4 Å². The van der Waals surface area contributed by atoms with Gasteiger partial charge in [-0.05, 0) is 37.1 Å². The molecule has 1 aromatic rings. The fourth-order valence-electron chi connectivity index (χ4n) is 3.61. The minimum atomic E-state index is 0.437. The predicted octanol–water partition coefficient (Wildman–Crippen LogP) is 2.59. The van der Waals surface area contributed by atoms with E-state index in [0.29, 0.717) is 5.41 Å². The molecule has 0 amide bonds. The Morgan fingerprint density at radius 3 is 3.00 bits per heavy atom. The molecule has 1 nitrogen and oxygen atoms in total.